The number of rotatable bonds is 8. The average Bonchev–Trinajstić information content (AvgIpc) is 3.27. The molecule has 0 aliphatic rings. The van der Waals surface area contributed by atoms with Gasteiger partial charge in [0.25, 0.3) is 0 Å². The lowest BCUT2D eigenvalue weighted by molar-refractivity contribution is 0.336. The van der Waals surface area contributed by atoms with Crippen molar-refractivity contribution in [2.45, 2.75) is 33.9 Å². The summed E-state index contributed by atoms with van der Waals surface area (Å²) in [5.41, 5.74) is 3.37. The number of aliphatic imine (C=N–C) groups is 1. The summed E-state index contributed by atoms with van der Waals surface area (Å²) < 4.78 is 7.65. The van der Waals surface area contributed by atoms with Crippen LogP contribution in [0.15, 0.2) is 60.2 Å². The molecule has 0 radical (unpaired) electrons. The molecule has 2 N–H and O–H groups in total. The summed E-state index contributed by atoms with van der Waals surface area (Å²) >= 11 is 0. The molecule has 0 unspecified atom stereocenters. The number of hydrogen-bond donors (Lipinski definition) is 2. The van der Waals surface area contributed by atoms with E-state index in [-0.39, 0.29) is 24.0 Å². The lowest BCUT2D eigenvalue weighted by atomic mass is 10.1. The summed E-state index contributed by atoms with van der Waals surface area (Å²) in [7, 11) is 0. The molecule has 0 aliphatic carbocycles. The molecule has 0 bridgehead atoms. The monoisotopic (exact) mass is 520 g/mol. The third-order valence-electron chi connectivity index (χ3n) is 4.31. The zero-order valence-electron chi connectivity index (χ0n) is 17.6. The summed E-state index contributed by atoms with van der Waals surface area (Å²) in [5, 5.41) is 6.69. The molecule has 8 heteroatoms. The number of benzene rings is 1. The second-order valence-corrected chi connectivity index (χ2v) is 6.59. The maximum absolute atomic E-state index is 5.77. The summed E-state index contributed by atoms with van der Waals surface area (Å²) in [6.07, 6.45) is 7.14. The Balaban J connectivity index is 0.00000320. The van der Waals surface area contributed by atoms with Crippen molar-refractivity contribution < 1.29 is 4.74 Å². The Labute approximate surface area is 195 Å². The molecule has 0 saturated heterocycles. The van der Waals surface area contributed by atoms with E-state index in [0.29, 0.717) is 19.7 Å². The predicted octanol–water partition coefficient (Wildman–Crippen LogP) is 3.85. The highest BCUT2D eigenvalue weighted by Gasteiger charge is 2.06. The van der Waals surface area contributed by atoms with Crippen LogP contribution in [0.25, 0.3) is 5.82 Å². The normalized spacial score (nSPS) is 11.0. The predicted molar refractivity (Wildman–Crippen MR) is 131 cm³/mol. The fourth-order valence-corrected chi connectivity index (χ4v) is 2.88. The van der Waals surface area contributed by atoms with E-state index >= 15 is 0 Å². The highest BCUT2D eigenvalue weighted by atomic mass is 127. The SMILES string of the molecule is CCNC(=NCc1ccnc(-n2ccnc2)c1)NCc1ccc(C)cc1OCC.I. The molecule has 0 amide bonds. The molecule has 160 valence electrons. The van der Waals surface area contributed by atoms with Gasteiger partial charge < -0.3 is 15.4 Å². The molecule has 7 nitrogen and oxygen atoms in total. The van der Waals surface area contributed by atoms with Crippen molar-refractivity contribution in [2.75, 3.05) is 13.2 Å². The molecule has 2 aromatic heterocycles. The van der Waals surface area contributed by atoms with Crippen molar-refractivity contribution in [3.63, 3.8) is 0 Å². The van der Waals surface area contributed by atoms with Gasteiger partial charge in [-0.3, -0.25) is 4.57 Å². The molecule has 1 aromatic carbocycles. The first kappa shape index (κ1) is 23.7. The van der Waals surface area contributed by atoms with Crippen LogP contribution in [0.5, 0.6) is 5.75 Å². The second-order valence-electron chi connectivity index (χ2n) is 6.59. The van der Waals surface area contributed by atoms with Gasteiger partial charge >= 0.3 is 0 Å². The Morgan fingerprint density at radius 1 is 1.13 bits per heavy atom. The standard InChI is InChI=1S/C22H28N6O.HI/c1-4-24-22(27-15-19-7-6-17(3)12-20(19)29-5-2)26-14-18-8-9-25-21(13-18)28-11-10-23-16-28;/h6-13,16H,4-5,14-15H2,1-3H3,(H2,24,26,27);1H. The van der Waals surface area contributed by atoms with Crippen LogP contribution in [0.1, 0.15) is 30.5 Å². The Morgan fingerprint density at radius 3 is 2.73 bits per heavy atom. The zero-order valence-corrected chi connectivity index (χ0v) is 20.0. The smallest absolute Gasteiger partial charge is 0.191 e. The number of ether oxygens (including phenoxy) is 1. The van der Waals surface area contributed by atoms with Crippen molar-refractivity contribution in [2.24, 2.45) is 4.99 Å². The van der Waals surface area contributed by atoms with E-state index in [9.17, 15) is 0 Å². The van der Waals surface area contributed by atoms with Crippen LogP contribution >= 0.6 is 24.0 Å². The number of pyridine rings is 1. The second kappa shape index (κ2) is 12.2. The molecule has 3 rings (SSSR count). The molecular formula is C22H29IN6O. The van der Waals surface area contributed by atoms with Gasteiger partial charge in [-0.15, -0.1) is 24.0 Å². The first-order valence-electron chi connectivity index (χ1n) is 9.87. The average molecular weight is 520 g/mol. The van der Waals surface area contributed by atoms with Crippen LogP contribution in [-0.2, 0) is 13.1 Å². The highest BCUT2D eigenvalue weighted by Crippen LogP contribution is 2.20. The van der Waals surface area contributed by atoms with E-state index < -0.39 is 0 Å². The molecule has 0 fully saturated rings. The number of aryl methyl sites for hydroxylation is 1. The van der Waals surface area contributed by atoms with E-state index in [0.717, 1.165) is 35.2 Å². The van der Waals surface area contributed by atoms with Gasteiger partial charge in [0.05, 0.1) is 13.2 Å². The van der Waals surface area contributed by atoms with Gasteiger partial charge in [-0.25, -0.2) is 15.0 Å². The van der Waals surface area contributed by atoms with Crippen LogP contribution in [0.4, 0.5) is 0 Å². The van der Waals surface area contributed by atoms with Gasteiger partial charge in [0.1, 0.15) is 17.9 Å². The van der Waals surface area contributed by atoms with Crippen LogP contribution in [0.2, 0.25) is 0 Å². The molecule has 0 spiro atoms. The maximum Gasteiger partial charge on any atom is 0.191 e. The lowest BCUT2D eigenvalue weighted by Crippen LogP contribution is -2.36. The minimum absolute atomic E-state index is 0. The number of imidazole rings is 1. The van der Waals surface area contributed by atoms with E-state index in [1.165, 1.54) is 5.56 Å². The Hall–Kier alpha value is -2.62. The topological polar surface area (TPSA) is 76.4 Å². The minimum Gasteiger partial charge on any atom is -0.494 e. The highest BCUT2D eigenvalue weighted by molar-refractivity contribution is 14.0. The minimum atomic E-state index is 0. The number of guanidine groups is 1. The number of hydrogen-bond acceptors (Lipinski definition) is 4. The van der Waals surface area contributed by atoms with E-state index in [4.69, 9.17) is 9.73 Å². The fraction of sp³-hybridized carbons (Fsp3) is 0.318. The van der Waals surface area contributed by atoms with E-state index in [1.54, 1.807) is 18.7 Å². The summed E-state index contributed by atoms with van der Waals surface area (Å²) in [6, 6.07) is 10.2. The van der Waals surface area contributed by atoms with Crippen LogP contribution in [0, 0.1) is 6.92 Å². The molecule has 3 aromatic rings. The maximum atomic E-state index is 5.77. The van der Waals surface area contributed by atoms with Gasteiger partial charge in [-0.05, 0) is 50.1 Å². The van der Waals surface area contributed by atoms with E-state index in [1.807, 2.05) is 29.8 Å². The third-order valence-corrected chi connectivity index (χ3v) is 4.31. The van der Waals surface area contributed by atoms with Crippen molar-refractivity contribution in [3.8, 4) is 11.6 Å². The Morgan fingerprint density at radius 2 is 2.00 bits per heavy atom. The summed E-state index contributed by atoms with van der Waals surface area (Å²) in [4.78, 5) is 13.2. The molecule has 0 saturated carbocycles. The van der Waals surface area contributed by atoms with Crippen molar-refractivity contribution in [1.29, 1.82) is 0 Å². The molecule has 2 heterocycles. The first-order valence-corrected chi connectivity index (χ1v) is 9.87. The third kappa shape index (κ3) is 6.72. The zero-order chi connectivity index (χ0) is 20.5. The van der Waals surface area contributed by atoms with Crippen molar-refractivity contribution in [1.82, 2.24) is 25.2 Å². The number of nitrogens with zero attached hydrogens (tertiary/aromatic N) is 4. The van der Waals surface area contributed by atoms with Crippen LogP contribution in [-0.4, -0.2) is 33.6 Å². The van der Waals surface area contributed by atoms with Crippen LogP contribution in [0.3, 0.4) is 0 Å². The molecular weight excluding hydrogens is 491 g/mol. The van der Waals surface area contributed by atoms with Gasteiger partial charge in [-0.2, -0.15) is 0 Å². The summed E-state index contributed by atoms with van der Waals surface area (Å²) in [6.45, 7) is 8.73. The largest absolute Gasteiger partial charge is 0.494 e. The summed E-state index contributed by atoms with van der Waals surface area (Å²) in [5.74, 6) is 2.50. The number of halogens is 1. The van der Waals surface area contributed by atoms with Gasteiger partial charge in [0.2, 0.25) is 0 Å². The molecule has 0 atom stereocenters. The van der Waals surface area contributed by atoms with Gasteiger partial charge in [0.15, 0.2) is 5.96 Å². The number of aromatic nitrogens is 3. The molecule has 0 aliphatic heterocycles. The van der Waals surface area contributed by atoms with Crippen LogP contribution < -0.4 is 15.4 Å². The fourth-order valence-electron chi connectivity index (χ4n) is 2.88. The van der Waals surface area contributed by atoms with Crippen molar-refractivity contribution in [3.05, 3.63) is 71.9 Å². The van der Waals surface area contributed by atoms with Gasteiger partial charge in [0, 0.05) is 37.2 Å². The van der Waals surface area contributed by atoms with E-state index in [2.05, 4.69) is 52.6 Å². The first-order chi connectivity index (χ1) is 14.2. The Bertz CT molecular complexity index is 943. The molecule has 30 heavy (non-hydrogen) atoms. The number of nitrogens with one attached hydrogen (secondary N) is 2. The Kier molecular flexibility index (Phi) is 9.59. The van der Waals surface area contributed by atoms with Crippen molar-refractivity contribution >= 4 is 29.9 Å². The quantitative estimate of drug-likeness (QED) is 0.268. The lowest BCUT2D eigenvalue weighted by Gasteiger charge is -2.15. The van der Waals surface area contributed by atoms with Gasteiger partial charge in [-0.1, -0.05) is 12.1 Å².